The highest BCUT2D eigenvalue weighted by molar-refractivity contribution is 5.90. The molecule has 3 nitrogen and oxygen atoms in total. The fourth-order valence-corrected chi connectivity index (χ4v) is 2.44. The Morgan fingerprint density at radius 3 is 2.50 bits per heavy atom. The second-order valence-corrected chi connectivity index (χ2v) is 4.69. The van der Waals surface area contributed by atoms with E-state index in [4.69, 9.17) is 0 Å². The van der Waals surface area contributed by atoms with Crippen LogP contribution in [0.3, 0.4) is 0 Å². The molecule has 98 valence electrons. The highest BCUT2D eigenvalue weighted by Gasteiger charge is 2.10. The van der Waals surface area contributed by atoms with Crippen LogP contribution in [-0.2, 0) is 7.05 Å². The van der Waals surface area contributed by atoms with Crippen molar-refractivity contribution >= 4 is 17.1 Å². The van der Waals surface area contributed by atoms with Gasteiger partial charge in [-0.25, -0.2) is 0 Å². The number of carbonyl (C=O) groups is 1. The van der Waals surface area contributed by atoms with E-state index in [1.807, 2.05) is 48.5 Å². The van der Waals surface area contributed by atoms with Crippen molar-refractivity contribution in [3.05, 3.63) is 70.5 Å². The van der Waals surface area contributed by atoms with E-state index in [2.05, 4.69) is 0 Å². The maximum Gasteiger partial charge on any atom is 0.258 e. The molecule has 0 aliphatic rings. The summed E-state index contributed by atoms with van der Waals surface area (Å²) in [6, 6.07) is 16.7. The van der Waals surface area contributed by atoms with Crippen LogP contribution in [0.15, 0.2) is 59.4 Å². The van der Waals surface area contributed by atoms with Gasteiger partial charge in [-0.15, -0.1) is 0 Å². The fraction of sp³-hybridized carbons (Fsp3) is 0.0588. The van der Waals surface area contributed by atoms with E-state index >= 15 is 0 Å². The lowest BCUT2D eigenvalue weighted by atomic mass is 10.0. The molecule has 3 heteroatoms. The van der Waals surface area contributed by atoms with Gasteiger partial charge in [0.05, 0.1) is 5.69 Å². The first-order chi connectivity index (χ1) is 9.72. The Morgan fingerprint density at radius 1 is 1.00 bits per heavy atom. The fourth-order valence-electron chi connectivity index (χ4n) is 2.44. The number of rotatable bonds is 2. The van der Waals surface area contributed by atoms with Crippen molar-refractivity contribution in [2.75, 3.05) is 0 Å². The molecular weight excluding hydrogens is 250 g/mol. The van der Waals surface area contributed by atoms with Gasteiger partial charge in [0.15, 0.2) is 6.29 Å². The van der Waals surface area contributed by atoms with Crippen molar-refractivity contribution in [2.24, 2.45) is 7.05 Å². The highest BCUT2D eigenvalue weighted by atomic mass is 16.1. The number of nitrogens with zero attached hydrogens (tertiary/aromatic N) is 1. The van der Waals surface area contributed by atoms with Gasteiger partial charge in [0, 0.05) is 23.6 Å². The van der Waals surface area contributed by atoms with E-state index < -0.39 is 0 Å². The molecule has 0 aliphatic carbocycles. The SMILES string of the molecule is Cn1c(-c2ccccc2C=O)cc2ccccc2c1=O. The van der Waals surface area contributed by atoms with Gasteiger partial charge in [-0.2, -0.15) is 0 Å². The number of pyridine rings is 1. The molecule has 0 saturated carbocycles. The summed E-state index contributed by atoms with van der Waals surface area (Å²) in [6.07, 6.45) is 0.814. The van der Waals surface area contributed by atoms with Crippen LogP contribution in [0.25, 0.3) is 22.0 Å². The number of hydrogen-bond acceptors (Lipinski definition) is 2. The lowest BCUT2D eigenvalue weighted by Crippen LogP contribution is -2.18. The second kappa shape index (κ2) is 4.78. The molecule has 0 saturated heterocycles. The summed E-state index contributed by atoms with van der Waals surface area (Å²) >= 11 is 0. The number of aromatic nitrogens is 1. The van der Waals surface area contributed by atoms with Gasteiger partial charge >= 0.3 is 0 Å². The molecule has 0 spiro atoms. The van der Waals surface area contributed by atoms with Crippen molar-refractivity contribution in [2.45, 2.75) is 0 Å². The van der Waals surface area contributed by atoms with Gasteiger partial charge in [-0.1, -0.05) is 42.5 Å². The van der Waals surface area contributed by atoms with E-state index in [0.717, 1.165) is 22.9 Å². The second-order valence-electron chi connectivity index (χ2n) is 4.69. The molecule has 0 fully saturated rings. The lowest BCUT2D eigenvalue weighted by molar-refractivity contribution is 0.112. The van der Waals surface area contributed by atoms with Crippen LogP contribution < -0.4 is 5.56 Å². The molecule has 0 bridgehead atoms. The summed E-state index contributed by atoms with van der Waals surface area (Å²) < 4.78 is 1.59. The van der Waals surface area contributed by atoms with Crippen LogP contribution in [0.1, 0.15) is 10.4 Å². The van der Waals surface area contributed by atoms with E-state index in [-0.39, 0.29) is 5.56 Å². The summed E-state index contributed by atoms with van der Waals surface area (Å²) in [4.78, 5) is 23.6. The van der Waals surface area contributed by atoms with E-state index in [1.165, 1.54) is 0 Å². The molecule has 0 unspecified atom stereocenters. The van der Waals surface area contributed by atoms with Gasteiger partial charge in [0.25, 0.3) is 5.56 Å². The Kier molecular flexibility index (Phi) is 2.95. The molecule has 0 atom stereocenters. The molecule has 0 N–H and O–H groups in total. The zero-order valence-corrected chi connectivity index (χ0v) is 11.0. The molecular formula is C17H13NO2. The molecule has 0 amide bonds. The first-order valence-corrected chi connectivity index (χ1v) is 6.35. The topological polar surface area (TPSA) is 39.1 Å². The maximum absolute atomic E-state index is 12.4. The number of benzene rings is 2. The monoisotopic (exact) mass is 263 g/mol. The average molecular weight is 263 g/mol. The lowest BCUT2D eigenvalue weighted by Gasteiger charge is -2.12. The Labute approximate surface area is 116 Å². The minimum atomic E-state index is -0.0567. The number of carbonyl (C=O) groups excluding carboxylic acids is 1. The van der Waals surface area contributed by atoms with Crippen LogP contribution >= 0.6 is 0 Å². The van der Waals surface area contributed by atoms with Crippen molar-refractivity contribution in [1.82, 2.24) is 4.57 Å². The first kappa shape index (κ1) is 12.4. The van der Waals surface area contributed by atoms with Crippen LogP contribution in [-0.4, -0.2) is 10.9 Å². The average Bonchev–Trinajstić information content (AvgIpc) is 2.51. The quantitative estimate of drug-likeness (QED) is 0.667. The highest BCUT2D eigenvalue weighted by Crippen LogP contribution is 2.24. The van der Waals surface area contributed by atoms with Gasteiger partial charge in [0.2, 0.25) is 0 Å². The van der Waals surface area contributed by atoms with Gasteiger partial charge in [0.1, 0.15) is 0 Å². The molecule has 3 rings (SSSR count). The summed E-state index contributed by atoms with van der Waals surface area (Å²) in [5.41, 5.74) is 2.04. The molecule has 1 aromatic heterocycles. The summed E-state index contributed by atoms with van der Waals surface area (Å²) in [7, 11) is 1.73. The molecule has 1 heterocycles. The van der Waals surface area contributed by atoms with Crippen LogP contribution in [0.5, 0.6) is 0 Å². The third-order valence-electron chi connectivity index (χ3n) is 3.51. The minimum absolute atomic E-state index is 0.0567. The standard InChI is InChI=1S/C17H13NO2/c1-18-16(14-8-4-3-7-13(14)11-19)10-12-6-2-5-9-15(12)17(18)20/h2-11H,1H3. The van der Waals surface area contributed by atoms with Crippen LogP contribution in [0.2, 0.25) is 0 Å². The minimum Gasteiger partial charge on any atom is -0.311 e. The Bertz CT molecular complexity index is 862. The normalized spacial score (nSPS) is 10.7. The van der Waals surface area contributed by atoms with Gasteiger partial charge in [-0.05, 0) is 17.5 Å². The largest absolute Gasteiger partial charge is 0.311 e. The smallest absolute Gasteiger partial charge is 0.258 e. The number of fused-ring (bicyclic) bond motifs is 1. The predicted octanol–water partition coefficient (Wildman–Crippen LogP) is 3.02. The summed E-state index contributed by atoms with van der Waals surface area (Å²) in [6.45, 7) is 0. The zero-order chi connectivity index (χ0) is 14.1. The Balaban J connectivity index is 2.40. The Hall–Kier alpha value is -2.68. The molecule has 0 radical (unpaired) electrons. The van der Waals surface area contributed by atoms with E-state index in [9.17, 15) is 9.59 Å². The van der Waals surface area contributed by atoms with Crippen molar-refractivity contribution < 1.29 is 4.79 Å². The molecule has 3 aromatic rings. The first-order valence-electron chi connectivity index (χ1n) is 6.35. The molecule has 2 aromatic carbocycles. The predicted molar refractivity (Wildman–Crippen MR) is 80.0 cm³/mol. The maximum atomic E-state index is 12.4. The zero-order valence-electron chi connectivity index (χ0n) is 11.0. The van der Waals surface area contributed by atoms with Crippen LogP contribution in [0.4, 0.5) is 0 Å². The van der Waals surface area contributed by atoms with Crippen molar-refractivity contribution in [1.29, 1.82) is 0 Å². The van der Waals surface area contributed by atoms with Gasteiger partial charge in [-0.3, -0.25) is 9.59 Å². The Morgan fingerprint density at radius 2 is 1.70 bits per heavy atom. The van der Waals surface area contributed by atoms with Gasteiger partial charge < -0.3 is 4.57 Å². The number of aldehydes is 1. The third kappa shape index (κ3) is 1.84. The molecule has 0 aliphatic heterocycles. The van der Waals surface area contributed by atoms with E-state index in [1.54, 1.807) is 17.7 Å². The summed E-state index contributed by atoms with van der Waals surface area (Å²) in [5, 5.41) is 1.56. The van der Waals surface area contributed by atoms with Crippen molar-refractivity contribution in [3.63, 3.8) is 0 Å². The number of hydrogen-bond donors (Lipinski definition) is 0. The van der Waals surface area contributed by atoms with Crippen molar-refractivity contribution in [3.8, 4) is 11.3 Å². The third-order valence-corrected chi connectivity index (χ3v) is 3.51. The summed E-state index contributed by atoms with van der Waals surface area (Å²) in [5.74, 6) is 0. The molecule has 20 heavy (non-hydrogen) atoms. The van der Waals surface area contributed by atoms with E-state index in [0.29, 0.717) is 10.9 Å². The van der Waals surface area contributed by atoms with Crippen LogP contribution in [0, 0.1) is 0 Å².